The third-order valence-corrected chi connectivity index (χ3v) is 18.5. The lowest BCUT2D eigenvalue weighted by atomic mass is 10.1. The van der Waals surface area contributed by atoms with E-state index in [2.05, 4.69) is 244 Å². The predicted octanol–water partition coefficient (Wildman–Crippen LogP) is 11.9. The van der Waals surface area contributed by atoms with Gasteiger partial charge in [-0.1, -0.05) is 176 Å². The molecule has 0 amide bonds. The van der Waals surface area contributed by atoms with Crippen LogP contribution >= 0.6 is 0 Å². The highest BCUT2D eigenvalue weighted by Crippen LogP contribution is 2.36. The lowest BCUT2D eigenvalue weighted by molar-refractivity contribution is 0.669. The monoisotopic (exact) mass is 873 g/mol. The van der Waals surface area contributed by atoms with Crippen molar-refractivity contribution < 1.29 is 4.42 Å². The molecule has 0 bridgehead atoms. The molecule has 0 atom stereocenters. The summed E-state index contributed by atoms with van der Waals surface area (Å²) in [5.41, 5.74) is 10.2. The Labute approximate surface area is 385 Å². The molecule has 6 nitrogen and oxygen atoms in total. The largest absolute Gasteiger partial charge is 0.456 e. The fourth-order valence-corrected chi connectivity index (χ4v) is 15.7. The third-order valence-electron chi connectivity index (χ3n) is 13.8. The standard InChI is InChI=1S/C60H39N5OSi/c1-3-19-42(20-4-1)67(43-21-5-2-6-22-43,45-34-35-57-49(39-45)48-26-9-16-33-56(48)66-57)44-23-17-18-40(36-44)41-37-58(63-51-28-11-7-24-46(51)47-25-8-12-29-52(47)63)62-59(38-41)65-55-32-15-14-31-54(55)64-53-30-13-10-27-50(53)61-60(64)65/h1-39H. The van der Waals surface area contributed by atoms with Gasteiger partial charge in [0.15, 0.2) is 8.07 Å². The maximum atomic E-state index is 6.42. The number of fused-ring (bicyclic) bond motifs is 11. The number of nitrogens with zero attached hydrogens (tertiary/aromatic N) is 5. The molecule has 0 unspecified atom stereocenters. The second-order valence-electron chi connectivity index (χ2n) is 17.4. The van der Waals surface area contributed by atoms with Crippen LogP contribution in [-0.2, 0) is 0 Å². The maximum absolute atomic E-state index is 6.42. The van der Waals surface area contributed by atoms with Gasteiger partial charge in [-0.25, -0.2) is 9.97 Å². The van der Waals surface area contributed by atoms with Crippen LogP contribution in [0.3, 0.4) is 0 Å². The fraction of sp³-hybridized carbons (Fsp3) is 0. The van der Waals surface area contributed by atoms with Crippen molar-refractivity contribution in [1.29, 1.82) is 0 Å². The van der Waals surface area contributed by atoms with Crippen molar-refractivity contribution in [3.05, 3.63) is 237 Å². The molecule has 7 heteroatoms. The van der Waals surface area contributed by atoms with Crippen molar-refractivity contribution in [2.24, 2.45) is 0 Å². The Morgan fingerprint density at radius 2 is 0.866 bits per heavy atom. The third kappa shape index (κ3) is 5.55. The number of hydrogen-bond acceptors (Lipinski definition) is 3. The number of aromatic nitrogens is 5. The minimum Gasteiger partial charge on any atom is -0.456 e. The highest BCUT2D eigenvalue weighted by Gasteiger charge is 2.42. The molecule has 0 aliphatic rings. The molecule has 0 radical (unpaired) electrons. The van der Waals surface area contributed by atoms with E-state index in [0.29, 0.717) is 0 Å². The van der Waals surface area contributed by atoms with Gasteiger partial charge in [-0.15, -0.1) is 0 Å². The van der Waals surface area contributed by atoms with Crippen LogP contribution in [-0.4, -0.2) is 31.6 Å². The highest BCUT2D eigenvalue weighted by atomic mass is 28.3. The van der Waals surface area contributed by atoms with Gasteiger partial charge in [0.1, 0.15) is 22.8 Å². The first kappa shape index (κ1) is 37.6. The van der Waals surface area contributed by atoms with Gasteiger partial charge >= 0.3 is 0 Å². The molecular formula is C60H39N5OSi. The molecule has 0 aliphatic carbocycles. The van der Waals surface area contributed by atoms with E-state index in [-0.39, 0.29) is 0 Å². The number of rotatable bonds is 7. The molecule has 14 rings (SSSR count). The Morgan fingerprint density at radius 1 is 0.328 bits per heavy atom. The van der Waals surface area contributed by atoms with E-state index in [1.165, 1.54) is 31.5 Å². The lowest BCUT2D eigenvalue weighted by Crippen LogP contribution is -2.74. The van der Waals surface area contributed by atoms with Crippen molar-refractivity contribution in [1.82, 2.24) is 23.5 Å². The Kier molecular flexibility index (Phi) is 8.20. The van der Waals surface area contributed by atoms with E-state index in [1.807, 2.05) is 6.07 Å². The molecular weight excluding hydrogens is 835 g/mol. The number of pyridine rings is 1. The average Bonchev–Trinajstić information content (AvgIpc) is 4.14. The molecule has 5 heterocycles. The summed E-state index contributed by atoms with van der Waals surface area (Å²) in [7, 11) is -3.02. The van der Waals surface area contributed by atoms with E-state index in [9.17, 15) is 0 Å². The van der Waals surface area contributed by atoms with Crippen molar-refractivity contribution in [3.8, 4) is 22.8 Å². The van der Waals surface area contributed by atoms with Gasteiger partial charge in [-0.05, 0) is 92.5 Å². The molecule has 0 fully saturated rings. The van der Waals surface area contributed by atoms with Crippen LogP contribution in [0.15, 0.2) is 241 Å². The summed E-state index contributed by atoms with van der Waals surface area (Å²) >= 11 is 0. The molecule has 14 aromatic rings. The first-order chi connectivity index (χ1) is 33.2. The van der Waals surface area contributed by atoms with Gasteiger partial charge in [0.2, 0.25) is 5.78 Å². The highest BCUT2D eigenvalue weighted by molar-refractivity contribution is 7.20. The Bertz CT molecular complexity index is 4150. The van der Waals surface area contributed by atoms with Gasteiger partial charge in [-0.2, -0.15) is 0 Å². The molecule has 67 heavy (non-hydrogen) atoms. The van der Waals surface area contributed by atoms with E-state index in [1.54, 1.807) is 0 Å². The maximum Gasteiger partial charge on any atom is 0.221 e. The summed E-state index contributed by atoms with van der Waals surface area (Å²) in [4.78, 5) is 10.9. The molecule has 5 aromatic heterocycles. The molecule has 0 aliphatic heterocycles. The average molecular weight is 874 g/mol. The number of para-hydroxylation sites is 7. The van der Waals surface area contributed by atoms with Crippen molar-refractivity contribution in [2.45, 2.75) is 0 Å². The number of furan rings is 1. The van der Waals surface area contributed by atoms with Crippen LogP contribution < -0.4 is 20.7 Å². The molecule has 0 spiro atoms. The fourth-order valence-electron chi connectivity index (χ4n) is 10.9. The first-order valence-electron chi connectivity index (χ1n) is 22.7. The molecule has 0 N–H and O–H groups in total. The van der Waals surface area contributed by atoms with E-state index < -0.39 is 8.07 Å². The van der Waals surface area contributed by atoms with Crippen molar-refractivity contribution >= 4 is 100 Å². The van der Waals surface area contributed by atoms with Gasteiger partial charge in [0.25, 0.3) is 0 Å². The summed E-state index contributed by atoms with van der Waals surface area (Å²) in [5.74, 6) is 2.43. The summed E-state index contributed by atoms with van der Waals surface area (Å²) in [6, 6.07) is 85.6. The number of hydrogen-bond donors (Lipinski definition) is 0. The minimum absolute atomic E-state index is 0.785. The van der Waals surface area contributed by atoms with Gasteiger partial charge < -0.3 is 4.42 Å². The first-order valence-corrected chi connectivity index (χ1v) is 24.7. The normalized spacial score (nSPS) is 12.2. The van der Waals surface area contributed by atoms with Crippen LogP contribution in [0.2, 0.25) is 0 Å². The zero-order valence-corrected chi connectivity index (χ0v) is 37.2. The second-order valence-corrected chi connectivity index (χ2v) is 21.2. The van der Waals surface area contributed by atoms with Crippen LogP contribution in [0.5, 0.6) is 0 Å². The smallest absolute Gasteiger partial charge is 0.221 e. The van der Waals surface area contributed by atoms with E-state index in [4.69, 9.17) is 14.4 Å². The zero-order valence-electron chi connectivity index (χ0n) is 36.2. The van der Waals surface area contributed by atoms with Gasteiger partial charge in [-0.3, -0.25) is 13.5 Å². The summed E-state index contributed by atoms with van der Waals surface area (Å²) < 4.78 is 13.2. The lowest BCUT2D eigenvalue weighted by Gasteiger charge is -2.34. The summed E-state index contributed by atoms with van der Waals surface area (Å²) in [5, 5.41) is 9.79. The van der Waals surface area contributed by atoms with Crippen LogP contribution in [0.1, 0.15) is 0 Å². The summed E-state index contributed by atoms with van der Waals surface area (Å²) in [6.45, 7) is 0. The quantitative estimate of drug-likeness (QED) is 0.118. The van der Waals surface area contributed by atoms with Crippen molar-refractivity contribution in [3.63, 3.8) is 0 Å². The van der Waals surface area contributed by atoms with Gasteiger partial charge in [0, 0.05) is 21.5 Å². The van der Waals surface area contributed by atoms with Crippen LogP contribution in [0.4, 0.5) is 0 Å². The predicted molar refractivity (Wildman–Crippen MR) is 278 cm³/mol. The van der Waals surface area contributed by atoms with E-state index in [0.717, 1.165) is 83.6 Å². The molecule has 0 saturated heterocycles. The number of imidazole rings is 2. The van der Waals surface area contributed by atoms with Crippen LogP contribution in [0.25, 0.3) is 94.4 Å². The topological polar surface area (TPSA) is 53.2 Å². The van der Waals surface area contributed by atoms with Gasteiger partial charge in [0.05, 0.1) is 33.1 Å². The molecule has 9 aromatic carbocycles. The molecule has 314 valence electrons. The molecule has 0 saturated carbocycles. The number of benzene rings is 9. The SMILES string of the molecule is c1ccc([Si](c2ccccc2)(c2cccc(-c3cc(-n4c5ccccc5c5ccccc54)nc(-n4c5ccccc5n5c6ccccc6nc45)c3)c2)c2ccc3oc4ccccc4c3c2)cc1. The zero-order chi connectivity index (χ0) is 44.1. The van der Waals surface area contributed by atoms with Crippen molar-refractivity contribution in [2.75, 3.05) is 0 Å². The second kappa shape index (κ2) is 14.6. The Hall–Kier alpha value is -8.78. The Balaban J connectivity index is 1.07. The minimum atomic E-state index is -3.02. The summed E-state index contributed by atoms with van der Waals surface area (Å²) in [6.07, 6.45) is 0. The van der Waals surface area contributed by atoms with E-state index >= 15 is 0 Å². The van der Waals surface area contributed by atoms with Crippen LogP contribution in [0, 0.1) is 0 Å². The Morgan fingerprint density at radius 3 is 1.58 bits per heavy atom.